The number of aromatic nitrogens is 4. The smallest absolute Gasteiger partial charge is 0.459 e. The van der Waals surface area contributed by atoms with Crippen molar-refractivity contribution in [2.45, 2.75) is 50.9 Å². The minimum atomic E-state index is -4.34. The van der Waals surface area contributed by atoms with Gasteiger partial charge in [-0.05, 0) is 32.9 Å². The van der Waals surface area contributed by atoms with Crippen molar-refractivity contribution in [2.75, 3.05) is 38.1 Å². The van der Waals surface area contributed by atoms with E-state index >= 15 is 4.39 Å². The average Bonchev–Trinajstić information content (AvgIpc) is 3.46. The van der Waals surface area contributed by atoms with Gasteiger partial charge in [-0.15, -0.1) is 11.6 Å². The molecule has 2 N–H and O–H groups in total. The second kappa shape index (κ2) is 12.6. The molecule has 224 valence electrons. The van der Waals surface area contributed by atoms with Crippen molar-refractivity contribution in [3.05, 3.63) is 42.5 Å². The third kappa shape index (κ3) is 6.47. The Labute approximate surface area is 241 Å². The summed E-state index contributed by atoms with van der Waals surface area (Å²) in [5.41, 5.74) is -1.17. The molecule has 0 unspecified atom stereocenters. The van der Waals surface area contributed by atoms with Gasteiger partial charge in [0.15, 0.2) is 29.4 Å². The second-order valence-electron chi connectivity index (χ2n) is 9.69. The zero-order valence-corrected chi connectivity index (χ0v) is 24.9. The van der Waals surface area contributed by atoms with Crippen LogP contribution >= 0.6 is 19.3 Å². The van der Waals surface area contributed by atoms with Crippen LogP contribution in [0.3, 0.4) is 0 Å². The zero-order chi connectivity index (χ0) is 29.9. The van der Waals surface area contributed by atoms with E-state index in [1.807, 2.05) is 0 Å². The monoisotopic (exact) mass is 614 g/mol. The van der Waals surface area contributed by atoms with Crippen molar-refractivity contribution in [2.24, 2.45) is 0 Å². The Bertz CT molecular complexity index is 1420. The van der Waals surface area contributed by atoms with E-state index in [4.69, 9.17) is 30.1 Å². The first-order valence-corrected chi connectivity index (χ1v) is 14.9. The molecule has 13 nitrogen and oxygen atoms in total. The number of carbonyl (C=O) groups is 1. The van der Waals surface area contributed by atoms with E-state index in [-0.39, 0.29) is 18.0 Å². The molecule has 1 fully saturated rings. The summed E-state index contributed by atoms with van der Waals surface area (Å²) in [6, 6.07) is 7.01. The van der Waals surface area contributed by atoms with Gasteiger partial charge in [0, 0.05) is 14.1 Å². The molecular weight excluding hydrogens is 582 g/mol. The van der Waals surface area contributed by atoms with Gasteiger partial charge in [0.25, 0.3) is 0 Å². The number of nitrogens with zero attached hydrogens (tertiary/aromatic N) is 5. The number of aliphatic hydroxyl groups excluding tert-OH is 1. The number of halogens is 2. The van der Waals surface area contributed by atoms with Crippen molar-refractivity contribution in [1.82, 2.24) is 24.6 Å². The molecule has 1 aliphatic rings. The number of para-hydroxylation sites is 1. The quantitative estimate of drug-likeness (QED) is 0.175. The molecule has 1 saturated heterocycles. The molecular formula is C25H33ClFN6O7P. The Morgan fingerprint density at radius 1 is 1.34 bits per heavy atom. The SMILES string of the molecule is CCOC(=O)[C@H](C)N[P@](=O)(OC[C@@]1(CCl)O[C@@H](n2cnc3c(N(C)C)nc(C)nc32)[C@@H](F)[C@@H]1O)Oc1ccccc1. The lowest BCUT2D eigenvalue weighted by Gasteiger charge is -2.31. The summed E-state index contributed by atoms with van der Waals surface area (Å²) < 4.78 is 53.2. The Morgan fingerprint density at radius 2 is 2.05 bits per heavy atom. The van der Waals surface area contributed by atoms with E-state index in [0.29, 0.717) is 17.2 Å². The summed E-state index contributed by atoms with van der Waals surface area (Å²) in [4.78, 5) is 27.1. The molecule has 3 aromatic rings. The molecule has 4 rings (SSSR count). The number of carbonyl (C=O) groups excluding carboxylic acids is 1. The van der Waals surface area contributed by atoms with Crippen LogP contribution in [0, 0.1) is 6.92 Å². The standard InChI is InChI=1S/C25H33ClFN6O7P/c1-6-37-24(35)15(2)31-41(36,40-17-10-8-7-9-11-17)38-13-25(12-26)20(34)18(27)23(39-25)33-14-28-19-21(32(4)5)29-16(3)30-22(19)33/h7-11,14-15,18,20,23,34H,6,12-13H2,1-5H3,(H,31,36)/t15-,18-,20-,23+,25+,41-/m0/s1. The third-order valence-corrected chi connectivity index (χ3v) is 8.42. The van der Waals surface area contributed by atoms with Crippen LogP contribution in [0.5, 0.6) is 5.75 Å². The van der Waals surface area contributed by atoms with Gasteiger partial charge >= 0.3 is 13.7 Å². The van der Waals surface area contributed by atoms with Gasteiger partial charge in [0.2, 0.25) is 0 Å². The maximum atomic E-state index is 15.7. The minimum Gasteiger partial charge on any atom is -0.465 e. The molecule has 0 bridgehead atoms. The van der Waals surface area contributed by atoms with E-state index in [9.17, 15) is 14.5 Å². The van der Waals surface area contributed by atoms with Gasteiger partial charge in [0.1, 0.15) is 29.3 Å². The van der Waals surface area contributed by atoms with Crippen LogP contribution < -0.4 is 14.5 Å². The van der Waals surface area contributed by atoms with Gasteiger partial charge in [0.05, 0.1) is 25.4 Å². The Balaban J connectivity index is 1.62. The van der Waals surface area contributed by atoms with E-state index in [2.05, 4.69) is 20.0 Å². The molecule has 2 aromatic heterocycles. The van der Waals surface area contributed by atoms with Gasteiger partial charge < -0.3 is 24.0 Å². The average molecular weight is 615 g/mol. The fourth-order valence-electron chi connectivity index (χ4n) is 4.27. The molecule has 0 saturated carbocycles. The van der Waals surface area contributed by atoms with Gasteiger partial charge in [-0.25, -0.2) is 23.9 Å². The number of fused-ring (bicyclic) bond motifs is 1. The highest BCUT2D eigenvalue weighted by Gasteiger charge is 2.57. The van der Waals surface area contributed by atoms with Crippen LogP contribution in [0.4, 0.5) is 10.2 Å². The number of hydrogen-bond acceptors (Lipinski definition) is 11. The number of esters is 1. The number of nitrogens with one attached hydrogen (secondary N) is 1. The Morgan fingerprint density at radius 3 is 2.68 bits per heavy atom. The van der Waals surface area contributed by atoms with E-state index < -0.39 is 56.3 Å². The summed E-state index contributed by atoms with van der Waals surface area (Å²) in [6.45, 7) is 4.18. The van der Waals surface area contributed by atoms with Gasteiger partial charge in [-0.3, -0.25) is 13.9 Å². The summed E-state index contributed by atoms with van der Waals surface area (Å²) in [6.07, 6.45) is -3.85. The molecule has 0 spiro atoms. The normalized spacial score (nSPS) is 24.6. The summed E-state index contributed by atoms with van der Waals surface area (Å²) in [7, 11) is -0.764. The lowest BCUT2D eigenvalue weighted by Crippen LogP contribution is -2.48. The highest BCUT2D eigenvalue weighted by Crippen LogP contribution is 2.49. The fraction of sp³-hybridized carbons (Fsp3) is 0.520. The minimum absolute atomic E-state index is 0.105. The van der Waals surface area contributed by atoms with Crippen molar-refractivity contribution in [3.63, 3.8) is 0 Å². The Kier molecular flexibility index (Phi) is 9.52. The number of ether oxygens (including phenoxy) is 2. The first-order valence-electron chi connectivity index (χ1n) is 12.8. The fourth-order valence-corrected chi connectivity index (χ4v) is 6.11. The number of aryl methyl sites for hydroxylation is 1. The van der Waals surface area contributed by atoms with Crippen LogP contribution in [0.2, 0.25) is 0 Å². The molecule has 0 amide bonds. The molecule has 0 aliphatic carbocycles. The maximum Gasteiger partial charge on any atom is 0.459 e. The first-order chi connectivity index (χ1) is 19.4. The first kappa shape index (κ1) is 31.1. The Hall–Kier alpha value is -2.87. The predicted molar refractivity (Wildman–Crippen MR) is 149 cm³/mol. The molecule has 3 heterocycles. The number of anilines is 1. The van der Waals surface area contributed by atoms with Crippen LogP contribution in [-0.2, 0) is 23.4 Å². The van der Waals surface area contributed by atoms with Crippen molar-refractivity contribution in [3.8, 4) is 5.75 Å². The highest BCUT2D eigenvalue weighted by molar-refractivity contribution is 7.52. The van der Waals surface area contributed by atoms with Crippen LogP contribution in [0.1, 0.15) is 25.9 Å². The number of hydrogen-bond donors (Lipinski definition) is 2. The number of aliphatic hydroxyl groups is 1. The molecule has 1 aliphatic heterocycles. The molecule has 16 heteroatoms. The summed E-state index contributed by atoms with van der Waals surface area (Å²) in [5, 5.41) is 13.5. The largest absolute Gasteiger partial charge is 0.465 e. The summed E-state index contributed by atoms with van der Waals surface area (Å²) in [5.74, 6) is -0.0157. The van der Waals surface area contributed by atoms with Crippen molar-refractivity contribution >= 4 is 42.3 Å². The van der Waals surface area contributed by atoms with E-state index in [1.165, 1.54) is 30.0 Å². The maximum absolute atomic E-state index is 15.7. The molecule has 1 aromatic carbocycles. The number of rotatable bonds is 12. The topological polar surface area (TPSA) is 150 Å². The highest BCUT2D eigenvalue weighted by atomic mass is 35.5. The van der Waals surface area contributed by atoms with Gasteiger partial charge in [-0.2, -0.15) is 5.09 Å². The molecule has 41 heavy (non-hydrogen) atoms. The molecule has 6 atom stereocenters. The number of imidazole rings is 1. The van der Waals surface area contributed by atoms with Crippen molar-refractivity contribution < 1.29 is 37.4 Å². The van der Waals surface area contributed by atoms with E-state index in [1.54, 1.807) is 51.0 Å². The lowest BCUT2D eigenvalue weighted by atomic mass is 9.99. The van der Waals surface area contributed by atoms with Gasteiger partial charge in [-0.1, -0.05) is 18.2 Å². The number of benzene rings is 1. The van der Waals surface area contributed by atoms with Crippen LogP contribution in [0.15, 0.2) is 36.7 Å². The summed E-state index contributed by atoms with van der Waals surface area (Å²) >= 11 is 6.23. The van der Waals surface area contributed by atoms with Crippen molar-refractivity contribution in [1.29, 1.82) is 0 Å². The third-order valence-electron chi connectivity index (χ3n) is 6.35. The van der Waals surface area contributed by atoms with Crippen LogP contribution in [0.25, 0.3) is 11.2 Å². The predicted octanol–water partition coefficient (Wildman–Crippen LogP) is 3.15. The second-order valence-corrected chi connectivity index (χ2v) is 11.6. The van der Waals surface area contributed by atoms with E-state index in [0.717, 1.165) is 0 Å². The van der Waals surface area contributed by atoms with Crippen LogP contribution in [-0.4, -0.2) is 87.7 Å². The zero-order valence-electron chi connectivity index (χ0n) is 23.2. The molecule has 0 radical (unpaired) electrons. The number of alkyl halides is 2. The lowest BCUT2D eigenvalue weighted by molar-refractivity contribution is -0.144.